The maximum absolute atomic E-state index is 10.8. The van der Waals surface area contributed by atoms with Crippen LogP contribution in [0.1, 0.15) is 0 Å². The van der Waals surface area contributed by atoms with Gasteiger partial charge < -0.3 is 5.32 Å². The van der Waals surface area contributed by atoms with Crippen molar-refractivity contribution in [1.82, 2.24) is 0 Å². The van der Waals surface area contributed by atoms with Gasteiger partial charge in [-0.2, -0.15) is 11.8 Å². The molecule has 0 aliphatic rings. The molecule has 1 rings (SSSR count). The van der Waals surface area contributed by atoms with Crippen LogP contribution in [0, 0.1) is 10.1 Å². The number of halogens is 1. The molecule has 0 saturated carbocycles. The summed E-state index contributed by atoms with van der Waals surface area (Å²) in [7, 11) is 0. The molecule has 0 unspecified atom stereocenters. The van der Waals surface area contributed by atoms with Gasteiger partial charge in [-0.25, -0.2) is 0 Å². The molecular weight excluding hydrogens is 304 g/mol. The second kappa shape index (κ2) is 7.34. The summed E-state index contributed by atoms with van der Waals surface area (Å²) in [6.45, 7) is 4.32. The Morgan fingerprint density at radius 1 is 1.59 bits per heavy atom. The molecule has 0 saturated heterocycles. The highest BCUT2D eigenvalue weighted by molar-refractivity contribution is 9.10. The van der Waals surface area contributed by atoms with Crippen molar-refractivity contribution in [3.63, 3.8) is 0 Å². The van der Waals surface area contributed by atoms with Gasteiger partial charge in [0.05, 0.1) is 4.92 Å². The Balaban J connectivity index is 2.59. The minimum absolute atomic E-state index is 0.0990. The van der Waals surface area contributed by atoms with Gasteiger partial charge in [-0.1, -0.05) is 22.0 Å². The quantitative estimate of drug-likeness (QED) is 0.361. The Morgan fingerprint density at radius 3 is 3.00 bits per heavy atom. The molecule has 0 heterocycles. The highest BCUT2D eigenvalue weighted by atomic mass is 79.9. The third-order valence-corrected chi connectivity index (χ3v) is 3.41. The smallest absolute Gasteiger partial charge is 0.292 e. The molecule has 0 spiro atoms. The van der Waals surface area contributed by atoms with E-state index in [-0.39, 0.29) is 10.6 Å². The molecule has 1 aromatic rings. The molecule has 0 radical (unpaired) electrons. The number of rotatable bonds is 7. The third-order valence-electron chi connectivity index (χ3n) is 1.95. The second-order valence-electron chi connectivity index (χ2n) is 3.21. The maximum Gasteiger partial charge on any atom is 0.292 e. The van der Waals surface area contributed by atoms with Gasteiger partial charge in [-0.15, -0.1) is 6.58 Å². The fourth-order valence-corrected chi connectivity index (χ4v) is 2.17. The van der Waals surface area contributed by atoms with Crippen molar-refractivity contribution in [2.75, 3.05) is 23.4 Å². The first-order chi connectivity index (χ1) is 8.15. The molecule has 1 aromatic carbocycles. The number of nitro benzene ring substituents is 1. The van der Waals surface area contributed by atoms with E-state index in [1.165, 1.54) is 6.07 Å². The summed E-state index contributed by atoms with van der Waals surface area (Å²) in [4.78, 5) is 10.4. The minimum atomic E-state index is -0.383. The summed E-state index contributed by atoms with van der Waals surface area (Å²) in [5.41, 5.74) is 0.644. The monoisotopic (exact) mass is 316 g/mol. The predicted octanol–water partition coefficient (Wildman–Crippen LogP) is 3.69. The number of anilines is 1. The van der Waals surface area contributed by atoms with Crippen molar-refractivity contribution in [2.45, 2.75) is 0 Å². The van der Waals surface area contributed by atoms with Crippen molar-refractivity contribution in [3.8, 4) is 0 Å². The van der Waals surface area contributed by atoms with Gasteiger partial charge in [0.2, 0.25) is 0 Å². The van der Waals surface area contributed by atoms with Gasteiger partial charge >= 0.3 is 0 Å². The van der Waals surface area contributed by atoms with Gasteiger partial charge in [0.1, 0.15) is 5.69 Å². The van der Waals surface area contributed by atoms with Crippen LogP contribution >= 0.6 is 27.7 Å². The van der Waals surface area contributed by atoms with Crippen molar-refractivity contribution in [3.05, 3.63) is 45.4 Å². The van der Waals surface area contributed by atoms with Crippen LogP contribution in [0.3, 0.4) is 0 Å². The van der Waals surface area contributed by atoms with Crippen molar-refractivity contribution in [1.29, 1.82) is 0 Å². The number of thioether (sulfide) groups is 1. The molecule has 0 aromatic heterocycles. The zero-order valence-electron chi connectivity index (χ0n) is 9.19. The number of hydrogen-bond donors (Lipinski definition) is 1. The number of benzene rings is 1. The summed E-state index contributed by atoms with van der Waals surface area (Å²) >= 11 is 5.03. The molecule has 0 aliphatic heterocycles. The van der Waals surface area contributed by atoms with E-state index in [1.807, 2.05) is 6.08 Å². The lowest BCUT2D eigenvalue weighted by Gasteiger charge is -2.06. The molecule has 1 N–H and O–H groups in total. The third kappa shape index (κ3) is 4.79. The Morgan fingerprint density at radius 2 is 2.35 bits per heavy atom. The Hall–Kier alpha value is -1.01. The number of nitro groups is 1. The topological polar surface area (TPSA) is 55.2 Å². The molecule has 17 heavy (non-hydrogen) atoms. The van der Waals surface area contributed by atoms with Crippen LogP contribution in [-0.4, -0.2) is 23.0 Å². The second-order valence-corrected chi connectivity index (χ2v) is 5.27. The van der Waals surface area contributed by atoms with E-state index in [4.69, 9.17) is 0 Å². The molecule has 0 bridgehead atoms. The minimum Gasteiger partial charge on any atom is -0.379 e. The van der Waals surface area contributed by atoms with Gasteiger partial charge in [-0.3, -0.25) is 10.1 Å². The highest BCUT2D eigenvalue weighted by Crippen LogP contribution is 2.27. The highest BCUT2D eigenvalue weighted by Gasteiger charge is 2.12. The molecule has 0 fully saturated rings. The van der Waals surface area contributed by atoms with Gasteiger partial charge in [-0.05, 0) is 12.1 Å². The molecule has 92 valence electrons. The van der Waals surface area contributed by atoms with Gasteiger partial charge in [0.15, 0.2) is 0 Å². The molecular formula is C11H13BrN2O2S. The number of nitrogens with one attached hydrogen (secondary N) is 1. The summed E-state index contributed by atoms with van der Waals surface area (Å²) in [6.07, 6.45) is 1.84. The van der Waals surface area contributed by atoms with Crippen molar-refractivity contribution in [2.24, 2.45) is 0 Å². The summed E-state index contributed by atoms with van der Waals surface area (Å²) in [5, 5.41) is 13.9. The van der Waals surface area contributed by atoms with E-state index in [9.17, 15) is 10.1 Å². The predicted molar refractivity (Wildman–Crippen MR) is 76.8 cm³/mol. The maximum atomic E-state index is 10.8. The van der Waals surface area contributed by atoms with E-state index in [0.29, 0.717) is 12.2 Å². The average Bonchev–Trinajstić information content (AvgIpc) is 2.28. The van der Waals surface area contributed by atoms with E-state index < -0.39 is 0 Å². The average molecular weight is 317 g/mol. The lowest BCUT2D eigenvalue weighted by atomic mass is 10.2. The van der Waals surface area contributed by atoms with Crippen LogP contribution in [0.15, 0.2) is 35.3 Å². The van der Waals surface area contributed by atoms with E-state index >= 15 is 0 Å². The van der Waals surface area contributed by atoms with Gasteiger partial charge in [0, 0.05) is 28.6 Å². The van der Waals surface area contributed by atoms with E-state index in [1.54, 1.807) is 23.9 Å². The summed E-state index contributed by atoms with van der Waals surface area (Å²) < 4.78 is 0.823. The van der Waals surface area contributed by atoms with Crippen LogP contribution in [0.4, 0.5) is 11.4 Å². The van der Waals surface area contributed by atoms with Crippen LogP contribution in [-0.2, 0) is 0 Å². The lowest BCUT2D eigenvalue weighted by molar-refractivity contribution is -0.384. The molecule has 4 nitrogen and oxygen atoms in total. The first-order valence-electron chi connectivity index (χ1n) is 5.01. The summed E-state index contributed by atoms with van der Waals surface area (Å²) in [6, 6.07) is 4.87. The first kappa shape index (κ1) is 14.1. The fraction of sp³-hybridized carbons (Fsp3) is 0.273. The summed E-state index contributed by atoms with van der Waals surface area (Å²) in [5.74, 6) is 1.78. The Bertz CT molecular complexity index is 412. The zero-order valence-corrected chi connectivity index (χ0v) is 11.6. The van der Waals surface area contributed by atoms with Crippen LogP contribution in [0.5, 0.6) is 0 Å². The van der Waals surface area contributed by atoms with E-state index in [0.717, 1.165) is 16.0 Å². The van der Waals surface area contributed by atoms with E-state index in [2.05, 4.69) is 27.8 Å². The number of hydrogen-bond acceptors (Lipinski definition) is 4. The van der Waals surface area contributed by atoms with Crippen molar-refractivity contribution < 1.29 is 4.92 Å². The SMILES string of the molecule is C=CCSCCNc1cc(Br)ccc1[N+](=O)[O-]. The molecule has 6 heteroatoms. The van der Waals surface area contributed by atoms with Gasteiger partial charge in [0.25, 0.3) is 5.69 Å². The molecule has 0 atom stereocenters. The van der Waals surface area contributed by atoms with Crippen LogP contribution < -0.4 is 5.32 Å². The van der Waals surface area contributed by atoms with Crippen molar-refractivity contribution >= 4 is 39.1 Å². The largest absolute Gasteiger partial charge is 0.379 e. The first-order valence-corrected chi connectivity index (χ1v) is 6.96. The lowest BCUT2D eigenvalue weighted by Crippen LogP contribution is -2.06. The molecule has 0 aliphatic carbocycles. The zero-order chi connectivity index (χ0) is 12.7. The standard InChI is InChI=1S/C11H13BrN2O2S/c1-2-6-17-7-5-13-10-8-9(12)3-4-11(10)14(15)16/h2-4,8,13H,1,5-7H2. The normalized spacial score (nSPS) is 9.94. The Kier molecular flexibility index (Phi) is 6.07. The number of nitrogens with zero attached hydrogens (tertiary/aromatic N) is 1. The fourth-order valence-electron chi connectivity index (χ4n) is 1.23. The van der Waals surface area contributed by atoms with Crippen LogP contribution in [0.25, 0.3) is 0 Å². The molecule has 0 amide bonds. The Labute approximate surface area is 113 Å². The van der Waals surface area contributed by atoms with Crippen LogP contribution in [0.2, 0.25) is 0 Å².